The van der Waals surface area contributed by atoms with Crippen molar-refractivity contribution in [3.63, 3.8) is 0 Å². The van der Waals surface area contributed by atoms with Gasteiger partial charge in [-0.05, 0) is 46.5 Å². The largest absolute Gasteiger partial charge is 0.274 e. The van der Waals surface area contributed by atoms with Crippen molar-refractivity contribution in [2.24, 2.45) is 16.9 Å². The van der Waals surface area contributed by atoms with E-state index >= 15 is 0 Å². The van der Waals surface area contributed by atoms with Gasteiger partial charge >= 0.3 is 0 Å². The summed E-state index contributed by atoms with van der Waals surface area (Å²) in [5.74, 6) is -3.04. The molecule has 0 spiro atoms. The van der Waals surface area contributed by atoms with Gasteiger partial charge in [-0.15, -0.1) is 0 Å². The van der Waals surface area contributed by atoms with Gasteiger partial charge in [0.1, 0.15) is 6.07 Å². The van der Waals surface area contributed by atoms with Crippen LogP contribution in [0.3, 0.4) is 0 Å². The lowest BCUT2D eigenvalue weighted by Crippen LogP contribution is -2.54. The molecule has 0 unspecified atom stereocenters. The smallest absolute Gasteiger partial charge is 0.272 e. The predicted octanol–water partition coefficient (Wildman–Crippen LogP) is 3.92. The van der Waals surface area contributed by atoms with Gasteiger partial charge in [0.15, 0.2) is 0 Å². The third-order valence-corrected chi connectivity index (χ3v) is 8.31. The SMILES string of the molecule is N#Cc1ccccc1N1C(=O)[C@@H]2C3c4ccccc4C(/C=N\NC(=O)c4cccnc4)(c4ccccc43)[C@@H]2C1=O. The second kappa shape index (κ2) is 8.82. The van der Waals surface area contributed by atoms with Crippen LogP contribution < -0.4 is 10.3 Å². The molecule has 4 aliphatic rings. The summed E-state index contributed by atoms with van der Waals surface area (Å²) in [6.45, 7) is 0. The van der Waals surface area contributed by atoms with Gasteiger partial charge in [0.05, 0.1) is 34.1 Å². The molecule has 0 radical (unpaired) electrons. The topological polar surface area (TPSA) is 116 Å². The van der Waals surface area contributed by atoms with Crippen molar-refractivity contribution in [3.8, 4) is 6.07 Å². The molecule has 3 aliphatic carbocycles. The predicted molar refractivity (Wildman–Crippen MR) is 146 cm³/mol. The van der Waals surface area contributed by atoms with Crippen molar-refractivity contribution in [2.45, 2.75) is 11.3 Å². The Balaban J connectivity index is 1.43. The first-order chi connectivity index (χ1) is 19.6. The van der Waals surface area contributed by atoms with Gasteiger partial charge in [0.2, 0.25) is 11.8 Å². The highest BCUT2D eigenvalue weighted by atomic mass is 16.2. The van der Waals surface area contributed by atoms with Crippen LogP contribution in [0.2, 0.25) is 0 Å². The number of aromatic nitrogens is 1. The number of imide groups is 1. The molecule has 3 aromatic carbocycles. The van der Waals surface area contributed by atoms with E-state index in [2.05, 4.69) is 21.6 Å². The van der Waals surface area contributed by atoms with Crippen LogP contribution in [0.5, 0.6) is 0 Å². The molecule has 1 N–H and O–H groups in total. The molecule has 3 amide bonds. The lowest BCUT2D eigenvalue weighted by Gasteiger charge is -2.52. The molecule has 1 aliphatic heterocycles. The lowest BCUT2D eigenvalue weighted by atomic mass is 9.47. The van der Waals surface area contributed by atoms with Crippen LogP contribution in [0.4, 0.5) is 5.69 Å². The van der Waals surface area contributed by atoms with Crippen LogP contribution in [-0.2, 0) is 15.0 Å². The first kappa shape index (κ1) is 23.7. The number of para-hydroxylation sites is 1. The number of pyridine rings is 1. The number of hydrazone groups is 1. The average molecular weight is 524 g/mol. The molecule has 0 saturated carbocycles. The monoisotopic (exact) mass is 523 g/mol. The fourth-order valence-corrected chi connectivity index (χ4v) is 6.80. The van der Waals surface area contributed by atoms with E-state index < -0.39 is 29.1 Å². The number of nitrogens with zero attached hydrogens (tertiary/aromatic N) is 4. The van der Waals surface area contributed by atoms with Crippen LogP contribution in [0, 0.1) is 23.2 Å². The zero-order valence-electron chi connectivity index (χ0n) is 21.1. The summed E-state index contributed by atoms with van der Waals surface area (Å²) in [7, 11) is 0. The fourth-order valence-electron chi connectivity index (χ4n) is 6.80. The average Bonchev–Trinajstić information content (AvgIpc) is 3.28. The van der Waals surface area contributed by atoms with Crippen molar-refractivity contribution in [3.05, 3.63) is 131 Å². The Morgan fingerprint density at radius 1 is 0.925 bits per heavy atom. The second-order valence-electron chi connectivity index (χ2n) is 10.1. The van der Waals surface area contributed by atoms with Gasteiger partial charge in [-0.1, -0.05) is 60.7 Å². The van der Waals surface area contributed by atoms with Crippen molar-refractivity contribution in [2.75, 3.05) is 4.90 Å². The summed E-state index contributed by atoms with van der Waals surface area (Å²) in [4.78, 5) is 46.6. The number of nitrogens with one attached hydrogen (secondary N) is 1. The Bertz CT molecular complexity index is 1740. The molecule has 2 bridgehead atoms. The number of hydrogen-bond acceptors (Lipinski definition) is 6. The summed E-state index contributed by atoms with van der Waals surface area (Å²) >= 11 is 0. The van der Waals surface area contributed by atoms with Crippen LogP contribution in [0.1, 0.15) is 44.1 Å². The number of nitriles is 1. The van der Waals surface area contributed by atoms with Crippen LogP contribution in [0.15, 0.2) is 102 Å². The molecule has 8 nitrogen and oxygen atoms in total. The second-order valence-corrected chi connectivity index (χ2v) is 10.1. The van der Waals surface area contributed by atoms with E-state index in [4.69, 9.17) is 0 Å². The zero-order chi connectivity index (χ0) is 27.4. The van der Waals surface area contributed by atoms with Crippen molar-refractivity contribution in [1.29, 1.82) is 5.26 Å². The first-order valence-corrected chi connectivity index (χ1v) is 12.9. The Labute approximate surface area is 229 Å². The van der Waals surface area contributed by atoms with E-state index in [1.165, 1.54) is 11.1 Å². The number of anilines is 1. The molecule has 1 aromatic heterocycles. The molecule has 1 saturated heterocycles. The summed E-state index contributed by atoms with van der Waals surface area (Å²) in [5.41, 5.74) is 5.97. The molecule has 8 rings (SSSR count). The van der Waals surface area contributed by atoms with E-state index in [-0.39, 0.29) is 23.1 Å². The molecular weight excluding hydrogens is 502 g/mol. The summed E-state index contributed by atoms with van der Waals surface area (Å²) in [5, 5.41) is 14.2. The number of amides is 3. The third-order valence-electron chi connectivity index (χ3n) is 8.31. The van der Waals surface area contributed by atoms with Crippen LogP contribution >= 0.6 is 0 Å². The minimum Gasteiger partial charge on any atom is -0.274 e. The highest BCUT2D eigenvalue weighted by Gasteiger charge is 2.68. The quantitative estimate of drug-likeness (QED) is 0.247. The molecule has 2 atom stereocenters. The van der Waals surface area contributed by atoms with E-state index in [0.29, 0.717) is 5.56 Å². The normalized spacial score (nSPS) is 23.9. The summed E-state index contributed by atoms with van der Waals surface area (Å²) in [6.07, 6.45) is 4.63. The molecular formula is C32H21N5O3. The first-order valence-electron chi connectivity index (χ1n) is 12.9. The maximum atomic E-state index is 14.4. The van der Waals surface area contributed by atoms with Crippen LogP contribution in [0.25, 0.3) is 0 Å². The Kier molecular flexibility index (Phi) is 5.22. The van der Waals surface area contributed by atoms with Crippen LogP contribution in [-0.4, -0.2) is 28.9 Å². The Morgan fingerprint density at radius 2 is 1.60 bits per heavy atom. The lowest BCUT2D eigenvalue weighted by molar-refractivity contribution is -0.122. The van der Waals surface area contributed by atoms with E-state index in [0.717, 1.165) is 22.3 Å². The fraction of sp³-hybridized carbons (Fsp3) is 0.125. The Hall–Kier alpha value is -5.42. The molecule has 8 heteroatoms. The van der Waals surface area contributed by atoms with E-state index in [1.807, 2.05) is 48.5 Å². The van der Waals surface area contributed by atoms with Gasteiger partial charge in [-0.2, -0.15) is 10.4 Å². The van der Waals surface area contributed by atoms with Gasteiger partial charge in [0.25, 0.3) is 5.91 Å². The van der Waals surface area contributed by atoms with Gasteiger partial charge < -0.3 is 0 Å². The number of carbonyl (C=O) groups is 3. The van der Waals surface area contributed by atoms with Gasteiger partial charge in [0, 0.05) is 24.5 Å². The van der Waals surface area contributed by atoms with E-state index in [9.17, 15) is 19.6 Å². The van der Waals surface area contributed by atoms with Crippen molar-refractivity contribution >= 4 is 29.6 Å². The molecule has 2 heterocycles. The summed E-state index contributed by atoms with van der Waals surface area (Å²) in [6, 6.07) is 27.6. The minimum absolute atomic E-state index is 0.247. The zero-order valence-corrected chi connectivity index (χ0v) is 21.1. The number of benzene rings is 3. The standard InChI is InChI=1S/C32H21N5O3/c33-16-19-8-1-6-14-25(19)37-30(39)27-26-21-10-2-4-12-23(21)32(28(27)31(37)40,24-13-5-3-11-22(24)26)18-35-36-29(38)20-9-7-15-34-17-20/h1-15,17-18,26-28H,(H,36,38)/b35-18-/t26?,27-,28+,32?/m1/s1. The van der Waals surface area contributed by atoms with Crippen molar-refractivity contribution in [1.82, 2.24) is 10.4 Å². The summed E-state index contributed by atoms with van der Waals surface area (Å²) < 4.78 is 0. The van der Waals surface area contributed by atoms with Gasteiger partial charge in [-0.25, -0.2) is 10.3 Å². The van der Waals surface area contributed by atoms with Gasteiger partial charge in [-0.3, -0.25) is 19.4 Å². The number of rotatable bonds is 4. The molecule has 192 valence electrons. The molecule has 4 aromatic rings. The Morgan fingerprint density at radius 3 is 2.27 bits per heavy atom. The maximum Gasteiger partial charge on any atom is 0.272 e. The van der Waals surface area contributed by atoms with E-state index in [1.54, 1.807) is 48.8 Å². The third kappa shape index (κ3) is 3.09. The number of carbonyl (C=O) groups excluding carboxylic acids is 3. The molecule has 1 fully saturated rings. The molecule has 40 heavy (non-hydrogen) atoms. The highest BCUT2D eigenvalue weighted by Crippen LogP contribution is 2.63. The number of hydrogen-bond donors (Lipinski definition) is 1. The van der Waals surface area contributed by atoms with Crippen molar-refractivity contribution < 1.29 is 14.4 Å². The minimum atomic E-state index is -1.13. The maximum absolute atomic E-state index is 14.4. The highest BCUT2D eigenvalue weighted by molar-refractivity contribution is 6.25.